The Labute approximate surface area is 190 Å². The lowest BCUT2D eigenvalue weighted by atomic mass is 9.97. The Kier molecular flexibility index (Phi) is 8.14. The number of hydrogen-bond acceptors (Lipinski definition) is 5. The van der Waals surface area contributed by atoms with E-state index in [1.165, 1.54) is 23.6 Å². The van der Waals surface area contributed by atoms with Gasteiger partial charge in [-0.15, -0.1) is 0 Å². The maximum absolute atomic E-state index is 12.4. The molecule has 0 aromatic heterocycles. The van der Waals surface area contributed by atoms with Crippen molar-refractivity contribution in [3.05, 3.63) is 58.7 Å². The van der Waals surface area contributed by atoms with Crippen molar-refractivity contribution in [3.8, 4) is 11.5 Å². The van der Waals surface area contributed by atoms with Crippen LogP contribution in [0.15, 0.2) is 36.4 Å². The number of primary amides is 1. The van der Waals surface area contributed by atoms with E-state index in [2.05, 4.69) is 6.07 Å². The number of benzene rings is 2. The number of methoxy groups -OCH3 is 1. The van der Waals surface area contributed by atoms with Gasteiger partial charge in [-0.1, -0.05) is 24.3 Å². The average molecular weight is 443 g/mol. The molecule has 0 heterocycles. The van der Waals surface area contributed by atoms with Crippen LogP contribution in [0.5, 0.6) is 11.5 Å². The summed E-state index contributed by atoms with van der Waals surface area (Å²) in [5.74, 6) is -0.0391. The maximum Gasteiger partial charge on any atom is 0.315 e. The largest absolute Gasteiger partial charge is 0.504 e. The standard InChI is InChI=1S/C25H34N2O5/c1-16-7-8-18(11-17(16)2)12-20(15-32-23(29)25(3,4)5)27(24(26)30)14-19-9-10-21(28)22(13-19)31-6/h7-11,13,20,28H,12,14-15H2,1-6H3,(H2,26,30). The first-order valence-electron chi connectivity index (χ1n) is 10.6. The Bertz CT molecular complexity index is 965. The molecule has 0 radical (unpaired) electrons. The van der Waals surface area contributed by atoms with Gasteiger partial charge in [-0.2, -0.15) is 0 Å². The van der Waals surface area contributed by atoms with E-state index in [9.17, 15) is 14.7 Å². The number of phenols is 1. The zero-order valence-electron chi connectivity index (χ0n) is 19.8. The minimum absolute atomic E-state index is 0.00710. The van der Waals surface area contributed by atoms with Gasteiger partial charge in [0.1, 0.15) is 6.61 Å². The average Bonchev–Trinajstić information content (AvgIpc) is 2.72. The van der Waals surface area contributed by atoms with Crippen molar-refractivity contribution in [3.63, 3.8) is 0 Å². The molecule has 0 aliphatic heterocycles. The highest BCUT2D eigenvalue weighted by atomic mass is 16.5. The molecule has 1 atom stereocenters. The van der Waals surface area contributed by atoms with E-state index >= 15 is 0 Å². The SMILES string of the molecule is COc1cc(CN(C(N)=O)C(COC(=O)C(C)(C)C)Cc2ccc(C)c(C)c2)ccc1O. The highest BCUT2D eigenvalue weighted by Crippen LogP contribution is 2.27. The van der Waals surface area contributed by atoms with Crippen LogP contribution in [0, 0.1) is 19.3 Å². The number of aryl methyl sites for hydroxylation is 2. The minimum atomic E-state index is -0.660. The number of carbonyl (C=O) groups is 2. The van der Waals surface area contributed by atoms with Gasteiger partial charge in [-0.25, -0.2) is 4.79 Å². The molecule has 0 saturated heterocycles. The molecule has 2 rings (SSSR count). The molecule has 7 nitrogen and oxygen atoms in total. The lowest BCUT2D eigenvalue weighted by Crippen LogP contribution is -2.47. The van der Waals surface area contributed by atoms with Gasteiger partial charge >= 0.3 is 12.0 Å². The normalized spacial score (nSPS) is 12.2. The Morgan fingerprint density at radius 2 is 1.72 bits per heavy atom. The van der Waals surface area contributed by atoms with Crippen molar-refractivity contribution in [2.24, 2.45) is 11.1 Å². The summed E-state index contributed by atoms with van der Waals surface area (Å²) < 4.78 is 10.7. The van der Waals surface area contributed by atoms with Crippen LogP contribution in [0.4, 0.5) is 4.79 Å². The highest BCUT2D eigenvalue weighted by Gasteiger charge is 2.28. The molecule has 1 unspecified atom stereocenters. The number of esters is 1. The summed E-state index contributed by atoms with van der Waals surface area (Å²) >= 11 is 0. The van der Waals surface area contributed by atoms with Gasteiger partial charge in [0.2, 0.25) is 0 Å². The molecule has 2 aromatic rings. The number of nitrogens with zero attached hydrogens (tertiary/aromatic N) is 1. The third-order valence-electron chi connectivity index (χ3n) is 5.38. The van der Waals surface area contributed by atoms with Crippen LogP contribution >= 0.6 is 0 Å². The third kappa shape index (κ3) is 6.64. The quantitative estimate of drug-likeness (QED) is 0.599. The van der Waals surface area contributed by atoms with Crippen LogP contribution in [-0.4, -0.2) is 41.8 Å². The molecule has 0 fully saturated rings. The Hall–Kier alpha value is -3.22. The fourth-order valence-electron chi connectivity index (χ4n) is 3.25. The number of nitrogens with two attached hydrogens (primary N) is 1. The van der Waals surface area contributed by atoms with E-state index in [1.807, 2.05) is 26.0 Å². The molecule has 32 heavy (non-hydrogen) atoms. The molecule has 174 valence electrons. The second-order valence-electron chi connectivity index (χ2n) is 9.10. The molecule has 0 aliphatic rings. The summed E-state index contributed by atoms with van der Waals surface area (Å²) in [4.78, 5) is 26.3. The van der Waals surface area contributed by atoms with E-state index in [-0.39, 0.29) is 24.9 Å². The molecular weight excluding hydrogens is 408 g/mol. The summed E-state index contributed by atoms with van der Waals surface area (Å²) in [5.41, 5.74) is 9.15. The molecule has 0 aliphatic carbocycles. The Balaban J connectivity index is 2.34. The summed E-state index contributed by atoms with van der Waals surface area (Å²) in [6.07, 6.45) is 0.469. The van der Waals surface area contributed by atoms with Crippen LogP contribution in [0.3, 0.4) is 0 Å². The van der Waals surface area contributed by atoms with Gasteiger partial charge in [0, 0.05) is 6.54 Å². The fourth-order valence-corrected chi connectivity index (χ4v) is 3.25. The van der Waals surface area contributed by atoms with E-state index in [1.54, 1.807) is 32.9 Å². The van der Waals surface area contributed by atoms with Crippen LogP contribution in [0.2, 0.25) is 0 Å². The number of phenolic OH excluding ortho intramolecular Hbond substituents is 1. The van der Waals surface area contributed by atoms with Crippen molar-refractivity contribution in [2.45, 2.75) is 53.6 Å². The Morgan fingerprint density at radius 1 is 1.06 bits per heavy atom. The molecule has 0 spiro atoms. The van der Waals surface area contributed by atoms with Crippen molar-refractivity contribution in [1.29, 1.82) is 0 Å². The first kappa shape index (κ1) is 25.0. The molecule has 3 N–H and O–H groups in total. The number of ether oxygens (including phenoxy) is 2. The van der Waals surface area contributed by atoms with Crippen LogP contribution in [-0.2, 0) is 22.5 Å². The van der Waals surface area contributed by atoms with Crippen molar-refractivity contribution >= 4 is 12.0 Å². The van der Waals surface area contributed by atoms with Gasteiger partial charge in [0.15, 0.2) is 11.5 Å². The van der Waals surface area contributed by atoms with Crippen LogP contribution < -0.4 is 10.5 Å². The van der Waals surface area contributed by atoms with Gasteiger partial charge in [-0.05, 0) is 75.4 Å². The number of hydrogen-bond donors (Lipinski definition) is 2. The lowest BCUT2D eigenvalue weighted by molar-refractivity contribution is -0.154. The number of urea groups is 1. The van der Waals surface area contributed by atoms with E-state index < -0.39 is 17.5 Å². The third-order valence-corrected chi connectivity index (χ3v) is 5.38. The number of amides is 2. The number of aromatic hydroxyl groups is 1. The van der Waals surface area contributed by atoms with E-state index in [0.29, 0.717) is 12.2 Å². The van der Waals surface area contributed by atoms with Crippen molar-refractivity contribution in [2.75, 3.05) is 13.7 Å². The van der Waals surface area contributed by atoms with E-state index in [0.717, 1.165) is 16.7 Å². The Morgan fingerprint density at radius 3 is 2.28 bits per heavy atom. The van der Waals surface area contributed by atoms with Crippen molar-refractivity contribution in [1.82, 2.24) is 4.90 Å². The molecule has 0 bridgehead atoms. The van der Waals surface area contributed by atoms with Gasteiger partial charge < -0.3 is 25.2 Å². The summed E-state index contributed by atoms with van der Waals surface area (Å²) in [6, 6.07) is 9.86. The first-order chi connectivity index (χ1) is 14.9. The second kappa shape index (κ2) is 10.4. The molecular formula is C25H34N2O5. The molecule has 0 saturated carbocycles. The van der Waals surface area contributed by atoms with Crippen LogP contribution in [0.1, 0.15) is 43.0 Å². The summed E-state index contributed by atoms with van der Waals surface area (Å²) in [6.45, 7) is 9.60. The molecule has 2 amide bonds. The zero-order valence-corrected chi connectivity index (χ0v) is 19.8. The first-order valence-corrected chi connectivity index (χ1v) is 10.6. The van der Waals surface area contributed by atoms with E-state index in [4.69, 9.17) is 15.2 Å². The van der Waals surface area contributed by atoms with Gasteiger partial charge in [0.05, 0.1) is 18.6 Å². The monoisotopic (exact) mass is 442 g/mol. The second-order valence-corrected chi connectivity index (χ2v) is 9.10. The fraction of sp³-hybridized carbons (Fsp3) is 0.440. The smallest absolute Gasteiger partial charge is 0.315 e. The van der Waals surface area contributed by atoms with Gasteiger partial charge in [-0.3, -0.25) is 4.79 Å². The van der Waals surface area contributed by atoms with Crippen molar-refractivity contribution < 1.29 is 24.2 Å². The lowest BCUT2D eigenvalue weighted by Gasteiger charge is -2.31. The minimum Gasteiger partial charge on any atom is -0.504 e. The molecule has 7 heteroatoms. The molecule has 2 aromatic carbocycles. The summed E-state index contributed by atoms with van der Waals surface area (Å²) in [7, 11) is 1.46. The number of rotatable bonds is 8. The van der Waals surface area contributed by atoms with Gasteiger partial charge in [0.25, 0.3) is 0 Å². The topological polar surface area (TPSA) is 102 Å². The maximum atomic E-state index is 12.4. The highest BCUT2D eigenvalue weighted by molar-refractivity contribution is 5.75. The number of carbonyl (C=O) groups excluding carboxylic acids is 2. The summed E-state index contributed by atoms with van der Waals surface area (Å²) in [5, 5.41) is 9.86. The zero-order chi connectivity index (χ0) is 24.1. The van der Waals surface area contributed by atoms with Crippen LogP contribution in [0.25, 0.3) is 0 Å². The predicted molar refractivity (Wildman–Crippen MR) is 124 cm³/mol. The predicted octanol–water partition coefficient (Wildman–Crippen LogP) is 4.10.